The third-order valence-corrected chi connectivity index (χ3v) is 7.43. The molecule has 0 atom stereocenters. The summed E-state index contributed by atoms with van der Waals surface area (Å²) in [6.07, 6.45) is 3.95. The van der Waals surface area contributed by atoms with Gasteiger partial charge in [0.15, 0.2) is 5.78 Å². The number of halogens is 2. The number of benzene rings is 2. The number of fused-ring (bicyclic) bond motifs is 1. The summed E-state index contributed by atoms with van der Waals surface area (Å²) in [5.41, 5.74) is 2.97. The molecule has 35 heavy (non-hydrogen) atoms. The van der Waals surface area contributed by atoms with Crippen molar-refractivity contribution in [1.82, 2.24) is 0 Å². The summed E-state index contributed by atoms with van der Waals surface area (Å²) < 4.78 is 0. The van der Waals surface area contributed by atoms with Crippen LogP contribution >= 0.6 is 34.5 Å². The van der Waals surface area contributed by atoms with Gasteiger partial charge in [0.1, 0.15) is 11.4 Å². The lowest BCUT2D eigenvalue weighted by Crippen LogP contribution is -2.28. The summed E-state index contributed by atoms with van der Waals surface area (Å²) in [6.45, 7) is 12.4. The van der Waals surface area contributed by atoms with Gasteiger partial charge in [-0.15, -0.1) is 21.6 Å². The maximum absolute atomic E-state index is 13.5. The van der Waals surface area contributed by atoms with E-state index in [1.807, 2.05) is 24.3 Å². The van der Waals surface area contributed by atoms with Gasteiger partial charge in [0, 0.05) is 27.1 Å². The normalized spacial score (nSPS) is 15.1. The number of thiophene rings is 1. The fourth-order valence-corrected chi connectivity index (χ4v) is 5.44. The zero-order valence-electron chi connectivity index (χ0n) is 20.7. The predicted octanol–water partition coefficient (Wildman–Crippen LogP) is 10.2. The molecule has 6 heteroatoms. The van der Waals surface area contributed by atoms with Gasteiger partial charge in [0.25, 0.3) is 0 Å². The first-order chi connectivity index (χ1) is 16.4. The summed E-state index contributed by atoms with van der Waals surface area (Å²) in [5.74, 6) is 0.0850. The third kappa shape index (κ3) is 5.35. The van der Waals surface area contributed by atoms with E-state index in [0.717, 1.165) is 32.4 Å². The first-order valence-corrected chi connectivity index (χ1v) is 13.1. The Bertz CT molecular complexity index is 1410. The molecule has 0 fully saturated rings. The van der Waals surface area contributed by atoms with Crippen LogP contribution in [0, 0.1) is 10.8 Å². The smallest absolute Gasteiger partial charge is 0.186 e. The maximum Gasteiger partial charge on any atom is 0.186 e. The standard InChI is InChI=1S/C29H28Cl2N2OS/c1-28(2,3)21-13-18(14-22(26(21)34)29(4,5)6)25(27-20-10-8-7-9-17(20)16-35-27)33-32-24-12-11-19(30)15-23(24)31/h7-16H,1-6H3. The zero-order chi connectivity index (χ0) is 25.5. The largest absolute Gasteiger partial charge is 0.289 e. The topological polar surface area (TPSA) is 41.8 Å². The average molecular weight is 524 g/mol. The Hall–Kier alpha value is -2.53. The highest BCUT2D eigenvalue weighted by Crippen LogP contribution is 2.43. The number of nitrogens with zero attached hydrogens (tertiary/aromatic N) is 2. The van der Waals surface area contributed by atoms with Crippen LogP contribution in [0.2, 0.25) is 10.0 Å². The summed E-state index contributed by atoms with van der Waals surface area (Å²) in [4.78, 5) is 14.5. The zero-order valence-corrected chi connectivity index (χ0v) is 23.1. The Morgan fingerprint density at radius 1 is 0.886 bits per heavy atom. The number of hydrogen-bond acceptors (Lipinski definition) is 4. The Kier molecular flexibility index (Phi) is 6.93. The van der Waals surface area contributed by atoms with E-state index in [4.69, 9.17) is 28.3 Å². The van der Waals surface area contributed by atoms with E-state index < -0.39 is 0 Å². The lowest BCUT2D eigenvalue weighted by Gasteiger charge is -2.31. The van der Waals surface area contributed by atoms with Crippen molar-refractivity contribution in [3.63, 3.8) is 0 Å². The number of allylic oxidation sites excluding steroid dienone is 5. The number of azo groups is 1. The predicted molar refractivity (Wildman–Crippen MR) is 150 cm³/mol. The van der Waals surface area contributed by atoms with Gasteiger partial charge in [-0.2, -0.15) is 0 Å². The first kappa shape index (κ1) is 25.6. The summed E-state index contributed by atoms with van der Waals surface area (Å²) in [7, 11) is 0. The van der Waals surface area contributed by atoms with Crippen LogP contribution in [-0.4, -0.2) is 5.78 Å². The van der Waals surface area contributed by atoms with Gasteiger partial charge in [0.2, 0.25) is 0 Å². The molecule has 1 aromatic heterocycles. The van der Waals surface area contributed by atoms with Crippen LogP contribution in [0.4, 0.5) is 5.69 Å². The van der Waals surface area contributed by atoms with Crippen LogP contribution in [0.25, 0.3) is 16.5 Å². The molecule has 0 radical (unpaired) electrons. The maximum atomic E-state index is 13.5. The molecule has 1 aliphatic carbocycles. The van der Waals surface area contributed by atoms with Crippen molar-refractivity contribution in [3.8, 4) is 0 Å². The molecule has 0 saturated heterocycles. The van der Waals surface area contributed by atoms with E-state index in [-0.39, 0.29) is 16.6 Å². The second kappa shape index (κ2) is 9.50. The van der Waals surface area contributed by atoms with Crippen molar-refractivity contribution >= 4 is 62.5 Å². The average Bonchev–Trinajstić information content (AvgIpc) is 3.18. The molecule has 0 N–H and O–H groups in total. The van der Waals surface area contributed by atoms with Gasteiger partial charge in [-0.3, -0.25) is 4.79 Å². The number of Topliss-reactive ketones (excluding diaryl/α,β-unsaturated/α-hetero) is 1. The Morgan fingerprint density at radius 2 is 1.51 bits per heavy atom. The lowest BCUT2D eigenvalue weighted by molar-refractivity contribution is -0.114. The second-order valence-corrected chi connectivity index (χ2v) is 12.4. The summed E-state index contributed by atoms with van der Waals surface area (Å²) >= 11 is 14.1. The molecule has 1 heterocycles. The minimum atomic E-state index is -0.327. The lowest BCUT2D eigenvalue weighted by atomic mass is 9.71. The molecule has 0 amide bonds. The highest BCUT2D eigenvalue weighted by molar-refractivity contribution is 7.12. The van der Waals surface area contributed by atoms with Gasteiger partial charge in [0.05, 0.1) is 9.90 Å². The van der Waals surface area contributed by atoms with E-state index in [0.29, 0.717) is 21.4 Å². The molecule has 0 saturated carbocycles. The molecule has 4 rings (SSSR count). The van der Waals surface area contributed by atoms with Crippen molar-refractivity contribution < 1.29 is 4.79 Å². The minimum absolute atomic E-state index is 0.0850. The van der Waals surface area contributed by atoms with Crippen molar-refractivity contribution in [2.75, 3.05) is 0 Å². The minimum Gasteiger partial charge on any atom is -0.289 e. The van der Waals surface area contributed by atoms with Gasteiger partial charge < -0.3 is 0 Å². The number of rotatable bonds is 3. The first-order valence-electron chi connectivity index (χ1n) is 11.4. The van der Waals surface area contributed by atoms with Crippen molar-refractivity contribution in [2.45, 2.75) is 41.5 Å². The van der Waals surface area contributed by atoms with Crippen molar-refractivity contribution in [2.24, 2.45) is 21.1 Å². The van der Waals surface area contributed by atoms with Crippen LogP contribution in [0.3, 0.4) is 0 Å². The van der Waals surface area contributed by atoms with Crippen LogP contribution in [0.15, 0.2) is 86.9 Å². The Morgan fingerprint density at radius 3 is 2.11 bits per heavy atom. The molecule has 1 aliphatic rings. The van der Waals surface area contributed by atoms with Crippen LogP contribution in [0.1, 0.15) is 46.4 Å². The van der Waals surface area contributed by atoms with Crippen molar-refractivity contribution in [1.29, 1.82) is 0 Å². The highest BCUT2D eigenvalue weighted by Gasteiger charge is 2.35. The molecule has 0 spiro atoms. The SMILES string of the molecule is CC(C)(C)C1=CC(=C(N=Nc2ccc(Cl)cc2Cl)c2scc3ccccc23)C=C(C(C)(C)C)C1=O. The number of carbonyl (C=O) groups excluding carboxylic acids is 1. The molecule has 0 aliphatic heterocycles. The molecular formula is C29H28Cl2N2OS. The fraction of sp³-hybridized carbons (Fsp3) is 0.276. The summed E-state index contributed by atoms with van der Waals surface area (Å²) in [5, 5.41) is 14.6. The van der Waals surface area contributed by atoms with E-state index in [1.165, 1.54) is 0 Å². The molecule has 2 aromatic carbocycles. The van der Waals surface area contributed by atoms with E-state index in [9.17, 15) is 4.79 Å². The molecular weight excluding hydrogens is 495 g/mol. The molecule has 0 bridgehead atoms. The molecule has 3 nitrogen and oxygen atoms in total. The highest BCUT2D eigenvalue weighted by atomic mass is 35.5. The molecule has 0 unspecified atom stereocenters. The molecule has 3 aromatic rings. The second-order valence-electron chi connectivity index (χ2n) is 10.7. The third-order valence-electron chi connectivity index (χ3n) is 5.87. The van der Waals surface area contributed by atoms with E-state index in [1.54, 1.807) is 29.5 Å². The number of ketones is 1. The van der Waals surface area contributed by atoms with Crippen molar-refractivity contribution in [3.05, 3.63) is 91.6 Å². The monoisotopic (exact) mass is 522 g/mol. The number of hydrogen-bond donors (Lipinski definition) is 0. The Balaban J connectivity index is 2.03. The van der Waals surface area contributed by atoms with Crippen LogP contribution < -0.4 is 0 Å². The number of carbonyl (C=O) groups is 1. The summed E-state index contributed by atoms with van der Waals surface area (Å²) in [6, 6.07) is 13.4. The fourth-order valence-electron chi connectivity index (χ4n) is 3.96. The molecule has 180 valence electrons. The quantitative estimate of drug-likeness (QED) is 0.315. The van der Waals surface area contributed by atoms with Gasteiger partial charge in [-0.05, 0) is 51.9 Å². The van der Waals surface area contributed by atoms with Gasteiger partial charge in [-0.25, -0.2) is 0 Å². The van der Waals surface area contributed by atoms with E-state index in [2.05, 4.69) is 64.2 Å². The van der Waals surface area contributed by atoms with Gasteiger partial charge in [-0.1, -0.05) is 89.0 Å². The van der Waals surface area contributed by atoms with Gasteiger partial charge >= 0.3 is 0 Å². The van der Waals surface area contributed by atoms with Crippen LogP contribution in [0.5, 0.6) is 0 Å². The Labute approximate surface area is 220 Å². The van der Waals surface area contributed by atoms with E-state index >= 15 is 0 Å². The van der Waals surface area contributed by atoms with Crippen LogP contribution in [-0.2, 0) is 4.79 Å².